The molecule has 90 valence electrons. The Morgan fingerprint density at radius 2 is 1.87 bits per heavy atom. The van der Waals surface area contributed by atoms with E-state index < -0.39 is 0 Å². The quantitative estimate of drug-likeness (QED) is 0.567. The van der Waals surface area contributed by atoms with Crippen LogP contribution in [0.2, 0.25) is 0 Å². The van der Waals surface area contributed by atoms with Gasteiger partial charge in [0.1, 0.15) is 5.78 Å². The van der Waals surface area contributed by atoms with E-state index in [9.17, 15) is 4.79 Å². The standard InChI is InChI=1S/C12H25NO2/c1-11(2)13-8-6-10-15-9-5-4-7-12(3)14/h11,13H,4-10H2,1-3H3. The third-order valence-corrected chi connectivity index (χ3v) is 2.09. The van der Waals surface area contributed by atoms with Crippen LogP contribution in [0.4, 0.5) is 0 Å². The van der Waals surface area contributed by atoms with Crippen LogP contribution in [0.1, 0.15) is 46.5 Å². The Labute approximate surface area is 93.6 Å². The number of rotatable bonds is 10. The van der Waals surface area contributed by atoms with Crippen LogP contribution < -0.4 is 5.32 Å². The average molecular weight is 215 g/mol. The monoisotopic (exact) mass is 215 g/mol. The molecule has 0 radical (unpaired) electrons. The molecule has 0 atom stereocenters. The van der Waals surface area contributed by atoms with Gasteiger partial charge in [-0.3, -0.25) is 0 Å². The number of unbranched alkanes of at least 4 members (excludes halogenated alkanes) is 1. The smallest absolute Gasteiger partial charge is 0.129 e. The molecule has 0 aromatic heterocycles. The van der Waals surface area contributed by atoms with Crippen LogP contribution in [0.25, 0.3) is 0 Å². The van der Waals surface area contributed by atoms with Gasteiger partial charge in [-0.25, -0.2) is 0 Å². The average Bonchev–Trinajstić information content (AvgIpc) is 2.14. The maximum Gasteiger partial charge on any atom is 0.129 e. The molecule has 0 aromatic rings. The van der Waals surface area contributed by atoms with Crippen molar-refractivity contribution in [2.45, 2.75) is 52.5 Å². The van der Waals surface area contributed by atoms with Gasteiger partial charge in [-0.15, -0.1) is 0 Å². The van der Waals surface area contributed by atoms with Gasteiger partial charge in [0.2, 0.25) is 0 Å². The molecule has 1 N–H and O–H groups in total. The summed E-state index contributed by atoms with van der Waals surface area (Å²) in [5, 5.41) is 3.34. The number of ether oxygens (including phenoxy) is 1. The number of hydrogen-bond donors (Lipinski definition) is 1. The molecule has 0 amide bonds. The van der Waals surface area contributed by atoms with Crippen LogP contribution in [0.3, 0.4) is 0 Å². The van der Waals surface area contributed by atoms with Crippen molar-refractivity contribution in [2.75, 3.05) is 19.8 Å². The summed E-state index contributed by atoms with van der Waals surface area (Å²) in [5.41, 5.74) is 0. The third-order valence-electron chi connectivity index (χ3n) is 2.09. The largest absolute Gasteiger partial charge is 0.381 e. The Morgan fingerprint density at radius 1 is 1.20 bits per heavy atom. The van der Waals surface area contributed by atoms with Crippen molar-refractivity contribution in [1.29, 1.82) is 0 Å². The first-order valence-corrected chi connectivity index (χ1v) is 5.93. The lowest BCUT2D eigenvalue weighted by Crippen LogP contribution is -2.24. The Morgan fingerprint density at radius 3 is 2.47 bits per heavy atom. The molecular formula is C12H25NO2. The van der Waals surface area contributed by atoms with Crippen molar-refractivity contribution in [3.8, 4) is 0 Å². The highest BCUT2D eigenvalue weighted by molar-refractivity contribution is 5.75. The molecule has 0 saturated heterocycles. The van der Waals surface area contributed by atoms with Gasteiger partial charge in [0, 0.05) is 25.7 Å². The number of carbonyl (C=O) groups excluding carboxylic acids is 1. The first-order chi connectivity index (χ1) is 7.13. The van der Waals surface area contributed by atoms with Crippen molar-refractivity contribution in [3.63, 3.8) is 0 Å². The molecule has 15 heavy (non-hydrogen) atoms. The van der Waals surface area contributed by atoms with Crippen LogP contribution in [-0.2, 0) is 9.53 Å². The molecule has 0 rings (SSSR count). The second kappa shape index (κ2) is 10.1. The fourth-order valence-electron chi connectivity index (χ4n) is 1.25. The number of Topliss-reactive ketones (excluding diaryl/α,β-unsaturated/α-hetero) is 1. The lowest BCUT2D eigenvalue weighted by Gasteiger charge is -2.07. The van der Waals surface area contributed by atoms with Gasteiger partial charge >= 0.3 is 0 Å². The molecule has 0 heterocycles. The molecule has 0 aliphatic heterocycles. The number of ketones is 1. The van der Waals surface area contributed by atoms with Crippen molar-refractivity contribution in [3.05, 3.63) is 0 Å². The summed E-state index contributed by atoms with van der Waals surface area (Å²) >= 11 is 0. The normalized spacial score (nSPS) is 10.9. The van der Waals surface area contributed by atoms with Gasteiger partial charge in [0.05, 0.1) is 0 Å². The molecule has 0 fully saturated rings. The summed E-state index contributed by atoms with van der Waals surface area (Å²) in [6.07, 6.45) is 3.71. The van der Waals surface area contributed by atoms with E-state index >= 15 is 0 Å². The van der Waals surface area contributed by atoms with Gasteiger partial charge in [-0.05, 0) is 32.7 Å². The van der Waals surface area contributed by atoms with Crippen LogP contribution in [0.15, 0.2) is 0 Å². The predicted molar refractivity (Wildman–Crippen MR) is 63.1 cm³/mol. The highest BCUT2D eigenvalue weighted by Crippen LogP contribution is 1.96. The molecule has 0 aliphatic carbocycles. The maximum atomic E-state index is 10.6. The van der Waals surface area contributed by atoms with Crippen LogP contribution in [0.5, 0.6) is 0 Å². The summed E-state index contributed by atoms with van der Waals surface area (Å²) in [7, 11) is 0. The summed E-state index contributed by atoms with van der Waals surface area (Å²) in [6.45, 7) is 8.55. The Balaban J connectivity index is 2.96. The lowest BCUT2D eigenvalue weighted by molar-refractivity contribution is -0.117. The summed E-state index contributed by atoms with van der Waals surface area (Å²) in [4.78, 5) is 10.6. The highest BCUT2D eigenvalue weighted by Gasteiger charge is 1.95. The zero-order valence-electron chi connectivity index (χ0n) is 10.3. The Bertz CT molecular complexity index is 158. The third kappa shape index (κ3) is 13.6. The van der Waals surface area contributed by atoms with Crippen LogP contribution >= 0.6 is 0 Å². The SMILES string of the molecule is CC(=O)CCCCOCCCNC(C)C. The molecular weight excluding hydrogens is 190 g/mol. The molecule has 0 spiro atoms. The van der Waals surface area contributed by atoms with E-state index in [4.69, 9.17) is 4.74 Å². The van der Waals surface area contributed by atoms with Gasteiger partial charge in [0.15, 0.2) is 0 Å². The highest BCUT2D eigenvalue weighted by atomic mass is 16.5. The molecule has 0 saturated carbocycles. The van der Waals surface area contributed by atoms with E-state index in [0.717, 1.165) is 39.0 Å². The molecule has 0 aromatic carbocycles. The van der Waals surface area contributed by atoms with Gasteiger partial charge < -0.3 is 14.8 Å². The van der Waals surface area contributed by atoms with Crippen molar-refractivity contribution in [1.82, 2.24) is 5.32 Å². The maximum absolute atomic E-state index is 10.6. The summed E-state index contributed by atoms with van der Waals surface area (Å²) in [6, 6.07) is 0.556. The Kier molecular flexibility index (Phi) is 9.84. The van der Waals surface area contributed by atoms with E-state index in [1.54, 1.807) is 6.92 Å². The first-order valence-electron chi connectivity index (χ1n) is 5.93. The predicted octanol–water partition coefficient (Wildman–Crippen LogP) is 2.15. The van der Waals surface area contributed by atoms with Gasteiger partial charge in [-0.2, -0.15) is 0 Å². The fraction of sp³-hybridized carbons (Fsp3) is 0.917. The van der Waals surface area contributed by atoms with Crippen molar-refractivity contribution >= 4 is 5.78 Å². The molecule has 3 heteroatoms. The van der Waals surface area contributed by atoms with E-state index in [1.165, 1.54) is 0 Å². The number of hydrogen-bond acceptors (Lipinski definition) is 3. The van der Waals surface area contributed by atoms with E-state index in [-0.39, 0.29) is 5.78 Å². The van der Waals surface area contributed by atoms with Gasteiger partial charge in [-0.1, -0.05) is 13.8 Å². The fourth-order valence-corrected chi connectivity index (χ4v) is 1.25. The zero-order valence-corrected chi connectivity index (χ0v) is 10.3. The lowest BCUT2D eigenvalue weighted by atomic mass is 10.2. The van der Waals surface area contributed by atoms with E-state index in [2.05, 4.69) is 19.2 Å². The van der Waals surface area contributed by atoms with Crippen LogP contribution in [0, 0.1) is 0 Å². The van der Waals surface area contributed by atoms with E-state index in [0.29, 0.717) is 12.5 Å². The van der Waals surface area contributed by atoms with E-state index in [1.807, 2.05) is 0 Å². The second-order valence-corrected chi connectivity index (χ2v) is 4.23. The van der Waals surface area contributed by atoms with Crippen molar-refractivity contribution < 1.29 is 9.53 Å². The summed E-state index contributed by atoms with van der Waals surface area (Å²) in [5.74, 6) is 0.274. The number of nitrogens with one attached hydrogen (secondary N) is 1. The van der Waals surface area contributed by atoms with Crippen LogP contribution in [-0.4, -0.2) is 31.6 Å². The number of carbonyl (C=O) groups is 1. The molecule has 0 unspecified atom stereocenters. The first kappa shape index (κ1) is 14.6. The zero-order chi connectivity index (χ0) is 11.5. The molecule has 0 aliphatic rings. The summed E-state index contributed by atoms with van der Waals surface area (Å²) < 4.78 is 5.45. The molecule has 0 bridgehead atoms. The topological polar surface area (TPSA) is 38.3 Å². The second-order valence-electron chi connectivity index (χ2n) is 4.23. The van der Waals surface area contributed by atoms with Gasteiger partial charge in [0.25, 0.3) is 0 Å². The minimum atomic E-state index is 0.274. The minimum absolute atomic E-state index is 0.274. The molecule has 3 nitrogen and oxygen atoms in total. The van der Waals surface area contributed by atoms with Crippen molar-refractivity contribution in [2.24, 2.45) is 0 Å². The Hall–Kier alpha value is -0.410. The minimum Gasteiger partial charge on any atom is -0.381 e.